The SMILES string of the molecule is Cc1nn(C)c(Cl)c1CN1CCNC(=O)C1. The number of aryl methyl sites for hydroxylation is 2. The smallest absolute Gasteiger partial charge is 0.234 e. The van der Waals surface area contributed by atoms with Gasteiger partial charge in [-0.05, 0) is 6.92 Å². The van der Waals surface area contributed by atoms with Crippen LogP contribution in [0.15, 0.2) is 0 Å². The summed E-state index contributed by atoms with van der Waals surface area (Å²) in [6.45, 7) is 4.62. The van der Waals surface area contributed by atoms with Gasteiger partial charge >= 0.3 is 0 Å². The van der Waals surface area contributed by atoms with Crippen molar-refractivity contribution < 1.29 is 4.79 Å². The van der Waals surface area contributed by atoms with E-state index in [2.05, 4.69) is 15.3 Å². The number of amides is 1. The number of hydrogen-bond donors (Lipinski definition) is 1. The third kappa shape index (κ3) is 2.20. The molecule has 6 heteroatoms. The maximum atomic E-state index is 11.2. The average molecular weight is 243 g/mol. The second-order valence-corrected chi connectivity index (χ2v) is 4.40. The molecule has 1 N–H and O–H groups in total. The normalized spacial score (nSPS) is 17.6. The van der Waals surface area contributed by atoms with Gasteiger partial charge in [0.2, 0.25) is 5.91 Å². The molecule has 0 bridgehead atoms. The molecule has 1 aliphatic heterocycles. The Labute approximate surface area is 99.4 Å². The highest BCUT2D eigenvalue weighted by molar-refractivity contribution is 6.30. The molecule has 0 saturated carbocycles. The molecule has 1 aromatic rings. The molecule has 2 heterocycles. The highest BCUT2D eigenvalue weighted by Gasteiger charge is 2.19. The number of piperazine rings is 1. The minimum atomic E-state index is 0.0731. The molecule has 0 aromatic carbocycles. The van der Waals surface area contributed by atoms with Crippen molar-refractivity contribution in [3.8, 4) is 0 Å². The van der Waals surface area contributed by atoms with E-state index in [1.807, 2.05) is 14.0 Å². The van der Waals surface area contributed by atoms with Crippen molar-refractivity contribution in [1.29, 1.82) is 0 Å². The molecule has 1 aliphatic rings. The maximum Gasteiger partial charge on any atom is 0.234 e. The van der Waals surface area contributed by atoms with Gasteiger partial charge in [0, 0.05) is 32.2 Å². The van der Waals surface area contributed by atoms with Gasteiger partial charge in [-0.2, -0.15) is 5.10 Å². The van der Waals surface area contributed by atoms with Crippen molar-refractivity contribution in [2.24, 2.45) is 7.05 Å². The first kappa shape index (κ1) is 11.4. The molecule has 0 aliphatic carbocycles. The first-order chi connectivity index (χ1) is 7.58. The van der Waals surface area contributed by atoms with Gasteiger partial charge in [0.1, 0.15) is 5.15 Å². The van der Waals surface area contributed by atoms with Crippen LogP contribution in [-0.4, -0.2) is 40.2 Å². The largest absolute Gasteiger partial charge is 0.354 e. The highest BCUT2D eigenvalue weighted by atomic mass is 35.5. The molecule has 0 atom stereocenters. The Kier molecular flexibility index (Phi) is 3.16. The zero-order valence-corrected chi connectivity index (χ0v) is 10.2. The number of aromatic nitrogens is 2. The van der Waals surface area contributed by atoms with Crippen LogP contribution in [0, 0.1) is 6.92 Å². The summed E-state index contributed by atoms with van der Waals surface area (Å²) in [5.74, 6) is 0.0731. The van der Waals surface area contributed by atoms with Crippen LogP contribution >= 0.6 is 11.6 Å². The van der Waals surface area contributed by atoms with Gasteiger partial charge in [0.25, 0.3) is 0 Å². The van der Waals surface area contributed by atoms with Crippen molar-refractivity contribution in [2.75, 3.05) is 19.6 Å². The fraction of sp³-hybridized carbons (Fsp3) is 0.600. The van der Waals surface area contributed by atoms with Gasteiger partial charge in [0.05, 0.1) is 12.2 Å². The van der Waals surface area contributed by atoms with Crippen LogP contribution in [0.1, 0.15) is 11.3 Å². The lowest BCUT2D eigenvalue weighted by molar-refractivity contribution is -0.124. The van der Waals surface area contributed by atoms with Gasteiger partial charge in [-0.15, -0.1) is 0 Å². The van der Waals surface area contributed by atoms with E-state index in [0.29, 0.717) is 24.8 Å². The van der Waals surface area contributed by atoms with E-state index in [1.54, 1.807) is 4.68 Å². The van der Waals surface area contributed by atoms with Crippen LogP contribution < -0.4 is 5.32 Å². The standard InChI is InChI=1S/C10H15ClN4O/c1-7-8(10(11)14(2)13-7)5-15-4-3-12-9(16)6-15/h3-6H2,1-2H3,(H,12,16). The van der Waals surface area contributed by atoms with Gasteiger partial charge < -0.3 is 5.32 Å². The molecule has 1 fully saturated rings. The highest BCUT2D eigenvalue weighted by Crippen LogP contribution is 2.20. The zero-order chi connectivity index (χ0) is 11.7. The summed E-state index contributed by atoms with van der Waals surface area (Å²) in [6.07, 6.45) is 0. The molecule has 1 aromatic heterocycles. The summed E-state index contributed by atoms with van der Waals surface area (Å²) in [7, 11) is 1.82. The van der Waals surface area contributed by atoms with Crippen LogP contribution in [-0.2, 0) is 18.4 Å². The summed E-state index contributed by atoms with van der Waals surface area (Å²) in [6, 6.07) is 0. The Morgan fingerprint density at radius 3 is 2.88 bits per heavy atom. The fourth-order valence-corrected chi connectivity index (χ4v) is 2.14. The predicted octanol–water partition coefficient (Wildman–Crippen LogP) is 0.314. The number of rotatable bonds is 2. The summed E-state index contributed by atoms with van der Waals surface area (Å²) < 4.78 is 1.66. The van der Waals surface area contributed by atoms with Crippen molar-refractivity contribution in [2.45, 2.75) is 13.5 Å². The quantitative estimate of drug-likeness (QED) is 0.813. The van der Waals surface area contributed by atoms with E-state index in [0.717, 1.165) is 17.8 Å². The zero-order valence-electron chi connectivity index (χ0n) is 9.46. The summed E-state index contributed by atoms with van der Waals surface area (Å²) in [5, 5.41) is 7.71. The van der Waals surface area contributed by atoms with Crippen LogP contribution in [0.4, 0.5) is 0 Å². The van der Waals surface area contributed by atoms with E-state index in [-0.39, 0.29) is 5.91 Å². The van der Waals surface area contributed by atoms with Crippen LogP contribution in [0.25, 0.3) is 0 Å². The van der Waals surface area contributed by atoms with Crippen molar-refractivity contribution in [3.05, 3.63) is 16.4 Å². The van der Waals surface area contributed by atoms with Crippen LogP contribution in [0.3, 0.4) is 0 Å². The van der Waals surface area contributed by atoms with E-state index in [9.17, 15) is 4.79 Å². The Morgan fingerprint density at radius 1 is 1.56 bits per heavy atom. The molecular formula is C10H15ClN4O. The third-order valence-electron chi connectivity index (χ3n) is 2.77. The maximum absolute atomic E-state index is 11.2. The topological polar surface area (TPSA) is 50.2 Å². The lowest BCUT2D eigenvalue weighted by atomic mass is 10.2. The number of carbonyl (C=O) groups excluding carboxylic acids is 1. The number of carbonyl (C=O) groups is 1. The van der Waals surface area contributed by atoms with Crippen LogP contribution in [0.5, 0.6) is 0 Å². The minimum Gasteiger partial charge on any atom is -0.354 e. The van der Waals surface area contributed by atoms with Crippen molar-refractivity contribution >= 4 is 17.5 Å². The molecular weight excluding hydrogens is 228 g/mol. The van der Waals surface area contributed by atoms with Crippen molar-refractivity contribution in [1.82, 2.24) is 20.0 Å². The molecule has 5 nitrogen and oxygen atoms in total. The fourth-order valence-electron chi connectivity index (χ4n) is 1.90. The van der Waals surface area contributed by atoms with E-state index < -0.39 is 0 Å². The Hall–Kier alpha value is -1.07. The van der Waals surface area contributed by atoms with E-state index in [4.69, 9.17) is 11.6 Å². The molecule has 0 radical (unpaired) electrons. The minimum absolute atomic E-state index is 0.0731. The number of nitrogens with zero attached hydrogens (tertiary/aromatic N) is 3. The van der Waals surface area contributed by atoms with Gasteiger partial charge in [-0.1, -0.05) is 11.6 Å². The predicted molar refractivity (Wildman–Crippen MR) is 61.2 cm³/mol. The number of nitrogens with one attached hydrogen (secondary N) is 1. The van der Waals surface area contributed by atoms with E-state index >= 15 is 0 Å². The first-order valence-electron chi connectivity index (χ1n) is 5.25. The molecule has 2 rings (SSSR count). The summed E-state index contributed by atoms with van der Waals surface area (Å²) in [4.78, 5) is 13.3. The number of hydrogen-bond acceptors (Lipinski definition) is 3. The molecule has 1 saturated heterocycles. The monoisotopic (exact) mass is 242 g/mol. The Morgan fingerprint density at radius 2 is 2.31 bits per heavy atom. The number of halogens is 1. The molecule has 16 heavy (non-hydrogen) atoms. The lowest BCUT2D eigenvalue weighted by Crippen LogP contribution is -2.47. The molecule has 0 unspecified atom stereocenters. The molecule has 88 valence electrons. The third-order valence-corrected chi connectivity index (χ3v) is 3.24. The Bertz CT molecular complexity index is 415. The first-order valence-corrected chi connectivity index (χ1v) is 5.62. The second-order valence-electron chi connectivity index (χ2n) is 4.04. The van der Waals surface area contributed by atoms with Gasteiger partial charge in [-0.3, -0.25) is 14.4 Å². The summed E-state index contributed by atoms with van der Waals surface area (Å²) >= 11 is 6.14. The van der Waals surface area contributed by atoms with E-state index in [1.165, 1.54) is 0 Å². The van der Waals surface area contributed by atoms with Gasteiger partial charge in [0.15, 0.2) is 0 Å². The Balaban J connectivity index is 2.11. The molecule has 1 amide bonds. The van der Waals surface area contributed by atoms with Gasteiger partial charge in [-0.25, -0.2) is 0 Å². The van der Waals surface area contributed by atoms with Crippen molar-refractivity contribution in [3.63, 3.8) is 0 Å². The summed E-state index contributed by atoms with van der Waals surface area (Å²) in [5.41, 5.74) is 1.94. The second kappa shape index (κ2) is 4.43. The molecule has 0 spiro atoms. The van der Waals surface area contributed by atoms with Crippen LogP contribution in [0.2, 0.25) is 5.15 Å². The average Bonchev–Trinajstić information content (AvgIpc) is 2.45. The lowest BCUT2D eigenvalue weighted by Gasteiger charge is -2.26.